The third-order valence-electron chi connectivity index (χ3n) is 5.57. The molecule has 0 bridgehead atoms. The maximum atomic E-state index is 12.5. The maximum Gasteiger partial charge on any atom is 0.286 e. The summed E-state index contributed by atoms with van der Waals surface area (Å²) in [6, 6.07) is 25.1. The van der Waals surface area contributed by atoms with Crippen LogP contribution >= 0.6 is 11.8 Å². The molecule has 2 heterocycles. The molecule has 0 radical (unpaired) electrons. The summed E-state index contributed by atoms with van der Waals surface area (Å²) in [4.78, 5) is 22.2. The third kappa shape index (κ3) is 4.18. The van der Waals surface area contributed by atoms with Gasteiger partial charge in [-0.05, 0) is 45.8 Å². The number of fused-ring (bicyclic) bond motifs is 1. The molecule has 2 aliphatic heterocycles. The summed E-state index contributed by atoms with van der Waals surface area (Å²) in [7, 11) is 0. The van der Waals surface area contributed by atoms with E-state index in [-0.39, 0.29) is 5.91 Å². The predicted molar refractivity (Wildman–Crippen MR) is 125 cm³/mol. The number of carbonyl (C=O) groups excluding carboxylic acids is 1. The Bertz CT molecular complexity index is 1130. The van der Waals surface area contributed by atoms with Crippen molar-refractivity contribution in [1.82, 2.24) is 9.80 Å². The number of benzene rings is 3. The van der Waals surface area contributed by atoms with Crippen LogP contribution in [0.5, 0.6) is 0 Å². The Kier molecular flexibility index (Phi) is 5.39. The average molecular weight is 414 g/mol. The third-order valence-corrected chi connectivity index (χ3v) is 6.62. The van der Waals surface area contributed by atoms with Gasteiger partial charge in [0.1, 0.15) is 0 Å². The van der Waals surface area contributed by atoms with Gasteiger partial charge in [0.2, 0.25) is 0 Å². The molecule has 0 atom stereocenters. The van der Waals surface area contributed by atoms with Crippen LogP contribution in [0.15, 0.2) is 82.7 Å². The van der Waals surface area contributed by atoms with Crippen LogP contribution in [0, 0.1) is 0 Å². The van der Waals surface area contributed by atoms with Gasteiger partial charge in [0.15, 0.2) is 5.17 Å². The second kappa shape index (κ2) is 8.46. The van der Waals surface area contributed by atoms with Gasteiger partial charge >= 0.3 is 0 Å². The molecule has 0 N–H and O–H groups in total. The number of nitrogens with zero attached hydrogens (tertiary/aromatic N) is 3. The minimum atomic E-state index is -0.130. The Morgan fingerprint density at radius 3 is 2.40 bits per heavy atom. The summed E-state index contributed by atoms with van der Waals surface area (Å²) in [5, 5.41) is 3.22. The highest BCUT2D eigenvalue weighted by Gasteiger charge is 2.28. The van der Waals surface area contributed by atoms with E-state index in [1.165, 1.54) is 28.1 Å². The van der Waals surface area contributed by atoms with Gasteiger partial charge < -0.3 is 4.90 Å². The standard InChI is InChI=1S/C25H23N3OS/c29-24-23(17-20-10-11-21-8-4-5-9-22(21)16-20)30-25(26-24)28-14-12-27(13-15-28)18-19-6-2-1-3-7-19/h1-11,16-17H,12-15,18H2/b23-17+. The predicted octanol–water partition coefficient (Wildman–Crippen LogP) is 4.63. The summed E-state index contributed by atoms with van der Waals surface area (Å²) >= 11 is 1.50. The van der Waals surface area contributed by atoms with Crippen molar-refractivity contribution in [3.8, 4) is 0 Å². The molecule has 5 rings (SSSR count). The van der Waals surface area contributed by atoms with E-state index in [0.29, 0.717) is 4.91 Å². The molecule has 0 saturated carbocycles. The van der Waals surface area contributed by atoms with Crippen LogP contribution in [0.4, 0.5) is 0 Å². The van der Waals surface area contributed by atoms with E-state index in [1.54, 1.807) is 0 Å². The van der Waals surface area contributed by atoms with Crippen LogP contribution in [0.1, 0.15) is 11.1 Å². The lowest BCUT2D eigenvalue weighted by molar-refractivity contribution is -0.113. The van der Waals surface area contributed by atoms with Crippen LogP contribution in [0.3, 0.4) is 0 Å². The minimum Gasteiger partial charge on any atom is -0.348 e. The van der Waals surface area contributed by atoms with Crippen molar-refractivity contribution in [2.24, 2.45) is 4.99 Å². The van der Waals surface area contributed by atoms with Crippen LogP contribution in [0.2, 0.25) is 0 Å². The van der Waals surface area contributed by atoms with Crippen LogP contribution in [-0.4, -0.2) is 47.1 Å². The van der Waals surface area contributed by atoms with Crippen molar-refractivity contribution in [2.75, 3.05) is 26.2 Å². The summed E-state index contributed by atoms with van der Waals surface area (Å²) in [5.74, 6) is -0.130. The SMILES string of the molecule is O=C1N=C(N2CCN(Cc3ccccc3)CC2)S/C1=C/c1ccc2ccccc2c1. The molecule has 0 aliphatic carbocycles. The van der Waals surface area contributed by atoms with Crippen LogP contribution < -0.4 is 0 Å². The lowest BCUT2D eigenvalue weighted by Crippen LogP contribution is -2.47. The largest absolute Gasteiger partial charge is 0.348 e. The van der Waals surface area contributed by atoms with E-state index in [0.717, 1.165) is 43.5 Å². The summed E-state index contributed by atoms with van der Waals surface area (Å²) < 4.78 is 0. The van der Waals surface area contributed by atoms with Crippen molar-refractivity contribution in [1.29, 1.82) is 0 Å². The summed E-state index contributed by atoms with van der Waals surface area (Å²) in [6.45, 7) is 4.73. The van der Waals surface area contributed by atoms with Crippen molar-refractivity contribution in [2.45, 2.75) is 6.54 Å². The fourth-order valence-corrected chi connectivity index (χ4v) is 4.89. The highest BCUT2D eigenvalue weighted by Crippen LogP contribution is 2.31. The van der Waals surface area contributed by atoms with Crippen molar-refractivity contribution in [3.63, 3.8) is 0 Å². The molecule has 0 spiro atoms. The van der Waals surface area contributed by atoms with E-state index >= 15 is 0 Å². The zero-order valence-electron chi connectivity index (χ0n) is 16.7. The number of amides is 1. The molecule has 30 heavy (non-hydrogen) atoms. The average Bonchev–Trinajstić information content (AvgIpc) is 3.15. The van der Waals surface area contributed by atoms with E-state index in [1.807, 2.05) is 18.2 Å². The second-order valence-corrected chi connectivity index (χ2v) is 8.67. The molecule has 150 valence electrons. The molecule has 2 aliphatic rings. The number of hydrogen-bond donors (Lipinski definition) is 0. The normalized spacial score (nSPS) is 18.9. The van der Waals surface area contributed by atoms with E-state index < -0.39 is 0 Å². The van der Waals surface area contributed by atoms with Crippen molar-refractivity contribution in [3.05, 3.63) is 88.8 Å². The Balaban J connectivity index is 1.22. The molecule has 3 aromatic carbocycles. The number of carbonyl (C=O) groups is 1. The molecule has 0 unspecified atom stereocenters. The van der Waals surface area contributed by atoms with Crippen LogP contribution in [0.25, 0.3) is 16.8 Å². The van der Waals surface area contributed by atoms with E-state index in [4.69, 9.17) is 0 Å². The first-order valence-corrected chi connectivity index (χ1v) is 11.1. The minimum absolute atomic E-state index is 0.130. The van der Waals surface area contributed by atoms with E-state index in [9.17, 15) is 4.79 Å². The monoisotopic (exact) mass is 413 g/mol. The molecular formula is C25H23N3OS. The summed E-state index contributed by atoms with van der Waals surface area (Å²) in [5.41, 5.74) is 2.38. The Labute approximate surface area is 180 Å². The maximum absolute atomic E-state index is 12.5. The smallest absolute Gasteiger partial charge is 0.286 e. The van der Waals surface area contributed by atoms with Crippen molar-refractivity contribution >= 4 is 39.7 Å². The van der Waals surface area contributed by atoms with Crippen molar-refractivity contribution < 1.29 is 4.79 Å². The number of piperazine rings is 1. The Hall–Kier alpha value is -2.89. The molecule has 3 aromatic rings. The first-order chi connectivity index (χ1) is 14.7. The lowest BCUT2D eigenvalue weighted by atomic mass is 10.1. The molecule has 5 heteroatoms. The zero-order chi connectivity index (χ0) is 20.3. The van der Waals surface area contributed by atoms with Gasteiger partial charge in [0.05, 0.1) is 4.91 Å². The number of rotatable bonds is 3. The Morgan fingerprint density at radius 2 is 1.60 bits per heavy atom. The number of amidine groups is 1. The fourth-order valence-electron chi connectivity index (χ4n) is 3.92. The lowest BCUT2D eigenvalue weighted by Gasteiger charge is -2.35. The number of hydrogen-bond acceptors (Lipinski definition) is 4. The quantitative estimate of drug-likeness (QED) is 0.587. The van der Waals surface area contributed by atoms with Gasteiger partial charge in [-0.15, -0.1) is 0 Å². The van der Waals surface area contributed by atoms with Gasteiger partial charge in [-0.25, -0.2) is 0 Å². The topological polar surface area (TPSA) is 35.9 Å². The fraction of sp³-hybridized carbons (Fsp3) is 0.200. The Morgan fingerprint density at radius 1 is 0.867 bits per heavy atom. The molecule has 1 fully saturated rings. The molecule has 1 saturated heterocycles. The first-order valence-electron chi connectivity index (χ1n) is 10.3. The molecular weight excluding hydrogens is 390 g/mol. The van der Waals surface area contributed by atoms with Crippen LogP contribution in [-0.2, 0) is 11.3 Å². The van der Waals surface area contributed by atoms with Gasteiger partial charge in [-0.3, -0.25) is 9.69 Å². The summed E-state index contributed by atoms with van der Waals surface area (Å²) in [6.07, 6.45) is 1.96. The van der Waals surface area contributed by atoms with Gasteiger partial charge in [0, 0.05) is 32.7 Å². The number of aliphatic imine (C=N–C) groups is 1. The van der Waals surface area contributed by atoms with Gasteiger partial charge in [-0.2, -0.15) is 4.99 Å². The molecule has 4 nitrogen and oxygen atoms in total. The highest BCUT2D eigenvalue weighted by molar-refractivity contribution is 8.18. The first kappa shape index (κ1) is 19.1. The van der Waals surface area contributed by atoms with Gasteiger partial charge in [-0.1, -0.05) is 66.7 Å². The molecule has 1 amide bonds. The van der Waals surface area contributed by atoms with Gasteiger partial charge in [0.25, 0.3) is 5.91 Å². The molecule has 0 aromatic heterocycles. The second-order valence-electron chi connectivity index (χ2n) is 7.67. The highest BCUT2D eigenvalue weighted by atomic mass is 32.2. The number of thioether (sulfide) groups is 1. The van der Waals surface area contributed by atoms with E-state index in [2.05, 4.69) is 75.5 Å². The zero-order valence-corrected chi connectivity index (χ0v) is 17.5.